The van der Waals surface area contributed by atoms with Crippen LogP contribution >= 0.6 is 0 Å². The first-order valence-corrected chi connectivity index (χ1v) is 10.5. The van der Waals surface area contributed by atoms with E-state index < -0.39 is 0 Å². The lowest BCUT2D eigenvalue weighted by atomic mass is 10.0. The Morgan fingerprint density at radius 2 is 1.55 bits per heavy atom. The molecule has 0 bridgehead atoms. The van der Waals surface area contributed by atoms with E-state index in [4.69, 9.17) is 0 Å². The van der Waals surface area contributed by atoms with Crippen LogP contribution in [0.1, 0.15) is 45.7 Å². The molecule has 3 aromatic rings. The van der Waals surface area contributed by atoms with Crippen LogP contribution in [0.15, 0.2) is 54.6 Å². The van der Waals surface area contributed by atoms with Gasteiger partial charge < -0.3 is 9.88 Å². The largest absolute Gasteiger partial charge is 0.358 e. The van der Waals surface area contributed by atoms with Crippen LogP contribution in [-0.2, 0) is 6.42 Å². The maximum Gasteiger partial charge on any atom is 0.261 e. The number of fused-ring (bicyclic) bond motifs is 2. The SMILES string of the molecule is O=C1c2ccccc2C(=O)N1C1CCN(CCCc2cc3ccccc3[nH]2)CC1. The molecule has 2 aromatic carbocycles. The molecular formula is C24H25N3O2. The number of carbonyl (C=O) groups excluding carboxylic acids is 2. The molecule has 0 aliphatic carbocycles. The normalized spacial score (nSPS) is 18.0. The predicted molar refractivity (Wildman–Crippen MR) is 113 cm³/mol. The van der Waals surface area contributed by atoms with E-state index in [2.05, 4.69) is 40.2 Å². The van der Waals surface area contributed by atoms with Crippen molar-refractivity contribution in [3.63, 3.8) is 0 Å². The van der Waals surface area contributed by atoms with Crippen LogP contribution in [-0.4, -0.2) is 52.3 Å². The van der Waals surface area contributed by atoms with Gasteiger partial charge in [0.2, 0.25) is 0 Å². The van der Waals surface area contributed by atoms with Gasteiger partial charge in [-0.1, -0.05) is 30.3 Å². The molecule has 1 N–H and O–H groups in total. The summed E-state index contributed by atoms with van der Waals surface area (Å²) >= 11 is 0. The van der Waals surface area contributed by atoms with Gasteiger partial charge in [0.05, 0.1) is 11.1 Å². The molecule has 1 aromatic heterocycles. The number of imide groups is 1. The molecule has 148 valence electrons. The number of piperidine rings is 1. The summed E-state index contributed by atoms with van der Waals surface area (Å²) in [6, 6.07) is 17.8. The first-order chi connectivity index (χ1) is 14.2. The monoisotopic (exact) mass is 387 g/mol. The van der Waals surface area contributed by atoms with Crippen molar-refractivity contribution in [2.45, 2.75) is 31.7 Å². The van der Waals surface area contributed by atoms with Gasteiger partial charge in [-0.25, -0.2) is 0 Å². The third-order valence-electron chi connectivity index (χ3n) is 6.25. The Balaban J connectivity index is 1.13. The number of benzene rings is 2. The molecule has 0 saturated carbocycles. The smallest absolute Gasteiger partial charge is 0.261 e. The second-order valence-electron chi connectivity index (χ2n) is 8.08. The van der Waals surface area contributed by atoms with Gasteiger partial charge >= 0.3 is 0 Å². The molecule has 2 amide bonds. The van der Waals surface area contributed by atoms with Gasteiger partial charge in [-0.3, -0.25) is 14.5 Å². The fourth-order valence-electron chi connectivity index (χ4n) is 4.70. The zero-order valence-corrected chi connectivity index (χ0v) is 16.4. The molecule has 2 aliphatic rings. The third kappa shape index (κ3) is 3.36. The van der Waals surface area contributed by atoms with Crippen molar-refractivity contribution in [1.82, 2.24) is 14.8 Å². The van der Waals surface area contributed by atoms with Crippen LogP contribution in [0.5, 0.6) is 0 Å². The molecule has 0 radical (unpaired) electrons. The van der Waals surface area contributed by atoms with Crippen molar-refractivity contribution in [3.8, 4) is 0 Å². The zero-order chi connectivity index (χ0) is 19.8. The Morgan fingerprint density at radius 1 is 0.897 bits per heavy atom. The molecule has 0 atom stereocenters. The topological polar surface area (TPSA) is 56.4 Å². The predicted octanol–water partition coefficient (Wildman–Crippen LogP) is 3.86. The zero-order valence-electron chi connectivity index (χ0n) is 16.4. The van der Waals surface area contributed by atoms with Crippen molar-refractivity contribution in [1.29, 1.82) is 0 Å². The van der Waals surface area contributed by atoms with Crippen LogP contribution in [0.4, 0.5) is 0 Å². The molecule has 5 heteroatoms. The lowest BCUT2D eigenvalue weighted by Gasteiger charge is -2.35. The number of aromatic amines is 1. The quantitative estimate of drug-likeness (QED) is 0.677. The number of amides is 2. The van der Waals surface area contributed by atoms with Gasteiger partial charge in [-0.05, 0) is 61.9 Å². The summed E-state index contributed by atoms with van der Waals surface area (Å²) in [7, 11) is 0. The fraction of sp³-hybridized carbons (Fsp3) is 0.333. The third-order valence-corrected chi connectivity index (χ3v) is 6.25. The number of hydrogen-bond donors (Lipinski definition) is 1. The van der Waals surface area contributed by atoms with E-state index in [1.54, 1.807) is 12.1 Å². The van der Waals surface area contributed by atoms with Gasteiger partial charge in [-0.2, -0.15) is 0 Å². The van der Waals surface area contributed by atoms with Gasteiger partial charge in [0.15, 0.2) is 0 Å². The minimum Gasteiger partial charge on any atom is -0.358 e. The highest BCUT2D eigenvalue weighted by Crippen LogP contribution is 2.28. The Morgan fingerprint density at radius 3 is 2.24 bits per heavy atom. The fourth-order valence-corrected chi connectivity index (χ4v) is 4.70. The van der Waals surface area contributed by atoms with E-state index in [9.17, 15) is 9.59 Å². The Labute approximate surface area is 170 Å². The number of para-hydroxylation sites is 1. The Kier molecular flexibility index (Phi) is 4.68. The van der Waals surface area contributed by atoms with E-state index >= 15 is 0 Å². The van der Waals surface area contributed by atoms with Crippen LogP contribution < -0.4 is 0 Å². The minimum absolute atomic E-state index is 0.0207. The van der Waals surface area contributed by atoms with Crippen molar-refractivity contribution in [2.75, 3.05) is 19.6 Å². The molecule has 1 saturated heterocycles. The van der Waals surface area contributed by atoms with Crippen LogP contribution in [0, 0.1) is 0 Å². The number of hydrogen-bond acceptors (Lipinski definition) is 3. The highest BCUT2D eigenvalue weighted by atomic mass is 16.2. The van der Waals surface area contributed by atoms with Gasteiger partial charge in [-0.15, -0.1) is 0 Å². The molecule has 5 rings (SSSR count). The number of aromatic nitrogens is 1. The van der Waals surface area contributed by atoms with Gasteiger partial charge in [0.25, 0.3) is 11.8 Å². The van der Waals surface area contributed by atoms with Crippen LogP contribution in [0.25, 0.3) is 10.9 Å². The molecule has 5 nitrogen and oxygen atoms in total. The number of aryl methyl sites for hydroxylation is 1. The van der Waals surface area contributed by atoms with Crippen molar-refractivity contribution >= 4 is 22.7 Å². The molecular weight excluding hydrogens is 362 g/mol. The van der Waals surface area contributed by atoms with Crippen LogP contribution in [0.2, 0.25) is 0 Å². The lowest BCUT2D eigenvalue weighted by Crippen LogP contribution is -2.47. The maximum absolute atomic E-state index is 12.7. The summed E-state index contributed by atoms with van der Waals surface area (Å²) in [4.78, 5) is 32.8. The molecule has 0 spiro atoms. The molecule has 1 fully saturated rings. The highest BCUT2D eigenvalue weighted by Gasteiger charge is 2.40. The number of H-pyrrole nitrogens is 1. The van der Waals surface area contributed by atoms with E-state index in [0.717, 1.165) is 45.3 Å². The Hall–Kier alpha value is -2.92. The standard InChI is InChI=1S/C24H25N3O2/c28-23-20-8-2-3-9-21(20)24(29)27(23)19-11-14-26(15-12-19)13-5-7-18-16-17-6-1-4-10-22(17)25-18/h1-4,6,8-10,16,19,25H,5,7,11-15H2. The van der Waals surface area contributed by atoms with Gasteiger partial charge in [0.1, 0.15) is 0 Å². The summed E-state index contributed by atoms with van der Waals surface area (Å²) < 4.78 is 0. The average Bonchev–Trinajstić information content (AvgIpc) is 3.28. The molecule has 3 heterocycles. The number of nitrogens with one attached hydrogen (secondary N) is 1. The summed E-state index contributed by atoms with van der Waals surface area (Å²) in [5.41, 5.74) is 3.59. The lowest BCUT2D eigenvalue weighted by molar-refractivity contribution is 0.0502. The highest BCUT2D eigenvalue weighted by molar-refractivity contribution is 6.21. The van der Waals surface area contributed by atoms with E-state index in [1.807, 2.05) is 12.1 Å². The van der Waals surface area contributed by atoms with E-state index in [1.165, 1.54) is 21.5 Å². The number of nitrogens with zero attached hydrogens (tertiary/aromatic N) is 2. The second kappa shape index (κ2) is 7.48. The van der Waals surface area contributed by atoms with E-state index in [0.29, 0.717) is 11.1 Å². The number of likely N-dealkylation sites (tertiary alicyclic amines) is 1. The summed E-state index contributed by atoms with van der Waals surface area (Å²) in [6.07, 6.45) is 3.85. The first-order valence-electron chi connectivity index (χ1n) is 10.5. The number of carbonyl (C=O) groups is 2. The molecule has 0 unspecified atom stereocenters. The van der Waals surface area contributed by atoms with Crippen molar-refractivity contribution in [2.24, 2.45) is 0 Å². The molecule has 2 aliphatic heterocycles. The molecule has 29 heavy (non-hydrogen) atoms. The average molecular weight is 387 g/mol. The number of rotatable bonds is 5. The van der Waals surface area contributed by atoms with E-state index in [-0.39, 0.29) is 17.9 Å². The van der Waals surface area contributed by atoms with Crippen molar-refractivity contribution in [3.05, 3.63) is 71.4 Å². The van der Waals surface area contributed by atoms with Crippen LogP contribution in [0.3, 0.4) is 0 Å². The summed E-state index contributed by atoms with van der Waals surface area (Å²) in [5.74, 6) is -0.245. The summed E-state index contributed by atoms with van der Waals surface area (Å²) in [5, 5.41) is 1.27. The maximum atomic E-state index is 12.7. The summed E-state index contributed by atoms with van der Waals surface area (Å²) in [6.45, 7) is 2.92. The second-order valence-corrected chi connectivity index (χ2v) is 8.08. The van der Waals surface area contributed by atoms with Gasteiger partial charge in [0, 0.05) is 30.3 Å². The Bertz CT molecular complexity index is 995. The van der Waals surface area contributed by atoms with Crippen molar-refractivity contribution < 1.29 is 9.59 Å². The first kappa shape index (κ1) is 18.1. The minimum atomic E-state index is -0.122.